The quantitative estimate of drug-likeness (QED) is 0.431. The zero-order valence-corrected chi connectivity index (χ0v) is 19.8. The van der Waals surface area contributed by atoms with Crippen molar-refractivity contribution in [3.8, 4) is 0 Å². The standard InChI is InChI=1S/C25H23F2N5O2S/c1-15-3-2-4-16-6-8-22(33)32(23(15)16)19-7-5-17-9-20(35-21(17)10-19)13-30-14-29-31(25(30)34)12-18(11-28)24(26)27/h2-5,7,9-10,14H,6,8,11-13,28H2,1H3. The van der Waals surface area contributed by atoms with Crippen molar-refractivity contribution in [2.75, 3.05) is 11.4 Å². The molecule has 0 aliphatic carbocycles. The third kappa shape index (κ3) is 4.30. The third-order valence-corrected chi connectivity index (χ3v) is 7.28. The van der Waals surface area contributed by atoms with E-state index in [4.69, 9.17) is 5.73 Å². The first-order valence-corrected chi connectivity index (χ1v) is 12.0. The van der Waals surface area contributed by atoms with E-state index in [0.29, 0.717) is 6.42 Å². The summed E-state index contributed by atoms with van der Waals surface area (Å²) in [6.45, 7) is 1.59. The molecule has 7 nitrogen and oxygen atoms in total. The average molecular weight is 496 g/mol. The molecular weight excluding hydrogens is 472 g/mol. The van der Waals surface area contributed by atoms with E-state index >= 15 is 0 Å². The number of carbonyl (C=O) groups excluding carboxylic acids is 1. The number of rotatable bonds is 6. The Hall–Kier alpha value is -3.63. The molecule has 5 rings (SSSR count). The van der Waals surface area contributed by atoms with Crippen LogP contribution >= 0.6 is 11.3 Å². The Morgan fingerprint density at radius 2 is 1.97 bits per heavy atom. The number of benzene rings is 2. The number of nitrogens with zero attached hydrogens (tertiary/aromatic N) is 4. The minimum Gasteiger partial charge on any atom is -0.327 e. The molecular formula is C25H23F2N5O2S. The van der Waals surface area contributed by atoms with Crippen LogP contribution in [0.4, 0.5) is 20.2 Å². The second kappa shape index (κ2) is 9.20. The number of thiophene rings is 1. The van der Waals surface area contributed by atoms with Gasteiger partial charge in [0.15, 0.2) is 0 Å². The van der Waals surface area contributed by atoms with Gasteiger partial charge in [0, 0.05) is 28.1 Å². The number of amides is 1. The molecule has 0 unspecified atom stereocenters. The predicted molar refractivity (Wildman–Crippen MR) is 132 cm³/mol. The van der Waals surface area contributed by atoms with Crippen molar-refractivity contribution < 1.29 is 13.6 Å². The summed E-state index contributed by atoms with van der Waals surface area (Å²) in [7, 11) is 0. The van der Waals surface area contributed by atoms with Crippen LogP contribution in [-0.4, -0.2) is 26.8 Å². The van der Waals surface area contributed by atoms with Gasteiger partial charge in [0.05, 0.1) is 24.5 Å². The topological polar surface area (TPSA) is 86.2 Å². The Labute approximate surface area is 203 Å². The number of halogens is 2. The van der Waals surface area contributed by atoms with Crippen LogP contribution in [0.5, 0.6) is 0 Å². The number of carbonyl (C=O) groups is 1. The first-order valence-electron chi connectivity index (χ1n) is 11.1. The lowest BCUT2D eigenvalue weighted by Crippen LogP contribution is -2.31. The predicted octanol–water partition coefficient (Wildman–Crippen LogP) is 4.34. The summed E-state index contributed by atoms with van der Waals surface area (Å²) in [6, 6.07) is 14.0. The first kappa shape index (κ1) is 23.1. The van der Waals surface area contributed by atoms with Crippen LogP contribution in [0.25, 0.3) is 10.1 Å². The Morgan fingerprint density at radius 1 is 1.14 bits per heavy atom. The summed E-state index contributed by atoms with van der Waals surface area (Å²) in [5, 5.41) is 4.95. The molecule has 0 fully saturated rings. The molecule has 1 aliphatic heterocycles. The first-order chi connectivity index (χ1) is 16.9. The molecule has 0 atom stereocenters. The second-order valence-corrected chi connectivity index (χ2v) is 9.68. The smallest absolute Gasteiger partial charge is 0.327 e. The van der Waals surface area contributed by atoms with Crippen LogP contribution in [-0.2, 0) is 24.3 Å². The SMILES string of the molecule is Cc1cccc2c1N(c1ccc3cc(Cn4cnn(CC(CN)=C(F)F)c4=O)sc3c1)C(=O)CC2. The van der Waals surface area contributed by atoms with Gasteiger partial charge < -0.3 is 5.73 Å². The van der Waals surface area contributed by atoms with Gasteiger partial charge in [0.2, 0.25) is 5.91 Å². The van der Waals surface area contributed by atoms with Gasteiger partial charge in [0.1, 0.15) is 6.33 Å². The molecule has 0 radical (unpaired) electrons. The molecule has 35 heavy (non-hydrogen) atoms. The lowest BCUT2D eigenvalue weighted by Gasteiger charge is -2.31. The fraction of sp³-hybridized carbons (Fsp3) is 0.240. The fourth-order valence-electron chi connectivity index (χ4n) is 4.42. The summed E-state index contributed by atoms with van der Waals surface area (Å²) in [4.78, 5) is 28.2. The van der Waals surface area contributed by atoms with E-state index < -0.39 is 11.8 Å². The largest absolute Gasteiger partial charge is 0.346 e. The fourth-order valence-corrected chi connectivity index (χ4v) is 5.52. The number of fused-ring (bicyclic) bond motifs is 2. The number of hydrogen-bond acceptors (Lipinski definition) is 5. The maximum atomic E-state index is 12.9. The number of para-hydroxylation sites is 1. The highest BCUT2D eigenvalue weighted by atomic mass is 32.1. The summed E-state index contributed by atoms with van der Waals surface area (Å²) in [6.07, 6.45) is 0.652. The van der Waals surface area contributed by atoms with Crippen LogP contribution < -0.4 is 16.3 Å². The van der Waals surface area contributed by atoms with Gasteiger partial charge in [-0.05, 0) is 48.1 Å². The molecule has 0 spiro atoms. The van der Waals surface area contributed by atoms with Crippen LogP contribution in [0, 0.1) is 6.92 Å². The molecule has 2 aromatic carbocycles. The van der Waals surface area contributed by atoms with Gasteiger partial charge in [-0.15, -0.1) is 11.3 Å². The Balaban J connectivity index is 1.44. The molecule has 2 N–H and O–H groups in total. The molecule has 4 aromatic rings. The van der Waals surface area contributed by atoms with Crippen molar-refractivity contribution in [1.82, 2.24) is 14.3 Å². The highest BCUT2D eigenvalue weighted by Crippen LogP contribution is 2.39. The van der Waals surface area contributed by atoms with E-state index in [1.54, 1.807) is 4.90 Å². The zero-order valence-electron chi connectivity index (χ0n) is 19.0. The van der Waals surface area contributed by atoms with E-state index in [-0.39, 0.29) is 31.1 Å². The van der Waals surface area contributed by atoms with E-state index in [1.807, 2.05) is 43.3 Å². The number of hydrogen-bond donors (Lipinski definition) is 1. The van der Waals surface area contributed by atoms with Crippen molar-refractivity contribution >= 4 is 38.7 Å². The number of aromatic nitrogens is 3. The molecule has 0 bridgehead atoms. The van der Waals surface area contributed by atoms with Crippen LogP contribution in [0.3, 0.4) is 0 Å². The minimum absolute atomic E-state index is 0.0671. The van der Waals surface area contributed by atoms with Crippen molar-refractivity contribution in [1.29, 1.82) is 0 Å². The van der Waals surface area contributed by atoms with Gasteiger partial charge >= 0.3 is 5.69 Å². The normalized spacial score (nSPS) is 13.4. The zero-order chi connectivity index (χ0) is 24.7. The Kier molecular flexibility index (Phi) is 6.08. The third-order valence-electron chi connectivity index (χ3n) is 6.19. The number of nitrogens with two attached hydrogens (primary N) is 1. The van der Waals surface area contributed by atoms with E-state index in [0.717, 1.165) is 48.6 Å². The summed E-state index contributed by atoms with van der Waals surface area (Å²) < 4.78 is 29.2. The molecule has 3 heterocycles. The molecule has 1 aliphatic rings. The van der Waals surface area contributed by atoms with Crippen LogP contribution in [0.15, 0.2) is 65.2 Å². The van der Waals surface area contributed by atoms with Gasteiger partial charge in [-0.2, -0.15) is 13.9 Å². The average Bonchev–Trinajstić information content (AvgIpc) is 3.40. The highest BCUT2D eigenvalue weighted by Gasteiger charge is 2.27. The molecule has 2 aromatic heterocycles. The van der Waals surface area contributed by atoms with Crippen molar-refractivity contribution in [2.24, 2.45) is 5.73 Å². The van der Waals surface area contributed by atoms with Crippen molar-refractivity contribution in [2.45, 2.75) is 32.9 Å². The van der Waals surface area contributed by atoms with Gasteiger partial charge in [-0.25, -0.2) is 9.48 Å². The van der Waals surface area contributed by atoms with Gasteiger partial charge in [-0.3, -0.25) is 14.3 Å². The van der Waals surface area contributed by atoms with Gasteiger partial charge in [-0.1, -0.05) is 24.3 Å². The molecule has 1 amide bonds. The summed E-state index contributed by atoms with van der Waals surface area (Å²) in [5.74, 6) is 0.0671. The Bertz CT molecular complexity index is 1530. The molecule has 180 valence electrons. The number of aryl methyl sites for hydroxylation is 2. The lowest BCUT2D eigenvalue weighted by atomic mass is 9.97. The molecule has 0 saturated heterocycles. The van der Waals surface area contributed by atoms with Crippen LogP contribution in [0.1, 0.15) is 22.4 Å². The van der Waals surface area contributed by atoms with E-state index in [9.17, 15) is 18.4 Å². The van der Waals surface area contributed by atoms with Crippen molar-refractivity contribution in [3.63, 3.8) is 0 Å². The van der Waals surface area contributed by atoms with E-state index in [2.05, 4.69) is 11.2 Å². The minimum atomic E-state index is -1.89. The molecule has 0 saturated carbocycles. The van der Waals surface area contributed by atoms with Crippen LogP contribution in [0.2, 0.25) is 0 Å². The summed E-state index contributed by atoms with van der Waals surface area (Å²) in [5.41, 5.74) is 8.51. The highest BCUT2D eigenvalue weighted by molar-refractivity contribution is 7.19. The maximum Gasteiger partial charge on any atom is 0.346 e. The maximum absolute atomic E-state index is 12.9. The van der Waals surface area contributed by atoms with Crippen molar-refractivity contribution in [3.05, 3.63) is 86.9 Å². The number of anilines is 2. The second-order valence-electron chi connectivity index (χ2n) is 8.51. The lowest BCUT2D eigenvalue weighted by molar-refractivity contribution is -0.118. The monoisotopic (exact) mass is 495 g/mol. The Morgan fingerprint density at radius 3 is 2.74 bits per heavy atom. The molecule has 10 heteroatoms. The van der Waals surface area contributed by atoms with E-state index in [1.165, 1.54) is 22.2 Å². The summed E-state index contributed by atoms with van der Waals surface area (Å²) >= 11 is 1.51. The van der Waals surface area contributed by atoms with Gasteiger partial charge in [0.25, 0.3) is 6.08 Å².